The molecule has 1 saturated heterocycles. The van der Waals surface area contributed by atoms with Crippen LogP contribution in [0.4, 0.5) is 0 Å². The molecular formula is C13H15N3O3S. The lowest BCUT2D eigenvalue weighted by Crippen LogP contribution is -2.25. The first kappa shape index (κ1) is 13.3. The molecule has 1 aliphatic heterocycles. The highest BCUT2D eigenvalue weighted by Gasteiger charge is 2.24. The molecule has 3 rings (SSSR count). The van der Waals surface area contributed by atoms with Gasteiger partial charge in [0.25, 0.3) is 0 Å². The van der Waals surface area contributed by atoms with Gasteiger partial charge >= 0.3 is 5.97 Å². The number of ether oxygens (including phenoxy) is 1. The average Bonchev–Trinajstić information content (AvgIpc) is 3.08. The normalized spacial score (nSPS) is 19.1. The second-order valence-electron chi connectivity index (χ2n) is 4.74. The molecule has 3 heterocycles. The molecule has 106 valence electrons. The topological polar surface area (TPSA) is 77.2 Å². The van der Waals surface area contributed by atoms with Crippen LogP contribution in [0.2, 0.25) is 0 Å². The van der Waals surface area contributed by atoms with Crippen molar-refractivity contribution >= 4 is 17.3 Å². The van der Waals surface area contributed by atoms with Crippen LogP contribution in [-0.2, 0) is 11.3 Å². The van der Waals surface area contributed by atoms with Gasteiger partial charge in [0.05, 0.1) is 17.5 Å². The molecule has 0 aliphatic carbocycles. The van der Waals surface area contributed by atoms with Crippen LogP contribution < -0.4 is 0 Å². The average molecular weight is 293 g/mol. The molecule has 0 saturated carbocycles. The summed E-state index contributed by atoms with van der Waals surface area (Å²) in [5.41, 5.74) is 0.574. The summed E-state index contributed by atoms with van der Waals surface area (Å²) >= 11 is 1.48. The highest BCUT2D eigenvalue weighted by molar-refractivity contribution is 7.13. The minimum atomic E-state index is -1.05. The summed E-state index contributed by atoms with van der Waals surface area (Å²) in [5, 5.41) is 19.0. The van der Waals surface area contributed by atoms with Gasteiger partial charge in [-0.2, -0.15) is 0 Å². The Morgan fingerprint density at radius 1 is 1.55 bits per heavy atom. The van der Waals surface area contributed by atoms with Gasteiger partial charge in [0.2, 0.25) is 0 Å². The van der Waals surface area contributed by atoms with Crippen LogP contribution in [0.25, 0.3) is 10.6 Å². The number of thiophene rings is 1. The minimum absolute atomic E-state index is 0.00302. The molecule has 6 nitrogen and oxygen atoms in total. The standard InChI is InChI=1S/C13H15N3O3S/c17-13(18)11-12(10-5-3-7-20-10)16(15-14-11)8-9-4-1-2-6-19-9/h3,5,7,9H,1-2,4,6,8H2,(H,17,18). The zero-order valence-corrected chi connectivity index (χ0v) is 11.7. The molecule has 1 aliphatic rings. The number of carboxylic acids is 1. The van der Waals surface area contributed by atoms with E-state index in [1.807, 2.05) is 17.5 Å². The van der Waals surface area contributed by atoms with E-state index >= 15 is 0 Å². The summed E-state index contributed by atoms with van der Waals surface area (Å²) in [4.78, 5) is 12.1. The van der Waals surface area contributed by atoms with Crippen molar-refractivity contribution in [2.45, 2.75) is 31.9 Å². The lowest BCUT2D eigenvalue weighted by Gasteiger charge is -2.22. The van der Waals surface area contributed by atoms with E-state index in [-0.39, 0.29) is 11.8 Å². The molecule has 1 N–H and O–H groups in total. The second-order valence-corrected chi connectivity index (χ2v) is 5.69. The molecule has 1 fully saturated rings. The van der Waals surface area contributed by atoms with Gasteiger partial charge in [-0.3, -0.25) is 0 Å². The number of carboxylic acid groups (broad SMARTS) is 1. The summed E-state index contributed by atoms with van der Waals surface area (Å²) in [6.45, 7) is 1.31. The lowest BCUT2D eigenvalue weighted by molar-refractivity contribution is 0.00398. The zero-order chi connectivity index (χ0) is 13.9. The molecule has 0 radical (unpaired) electrons. The molecule has 20 heavy (non-hydrogen) atoms. The quantitative estimate of drug-likeness (QED) is 0.935. The van der Waals surface area contributed by atoms with Gasteiger partial charge < -0.3 is 9.84 Å². The first-order valence-electron chi connectivity index (χ1n) is 6.58. The van der Waals surface area contributed by atoms with Crippen molar-refractivity contribution in [1.82, 2.24) is 15.0 Å². The van der Waals surface area contributed by atoms with Crippen molar-refractivity contribution in [3.8, 4) is 10.6 Å². The SMILES string of the molecule is O=C(O)c1nnn(CC2CCCCO2)c1-c1cccs1. The second kappa shape index (κ2) is 5.72. The van der Waals surface area contributed by atoms with Gasteiger partial charge in [-0.05, 0) is 30.7 Å². The van der Waals surface area contributed by atoms with E-state index in [0.29, 0.717) is 12.2 Å². The number of aromatic carboxylic acids is 1. The lowest BCUT2D eigenvalue weighted by atomic mass is 10.1. The number of nitrogens with zero attached hydrogens (tertiary/aromatic N) is 3. The van der Waals surface area contributed by atoms with E-state index in [9.17, 15) is 9.90 Å². The molecule has 1 unspecified atom stereocenters. The smallest absolute Gasteiger partial charge is 0.358 e. The number of hydrogen-bond donors (Lipinski definition) is 1. The monoisotopic (exact) mass is 293 g/mol. The molecular weight excluding hydrogens is 278 g/mol. The van der Waals surface area contributed by atoms with E-state index in [1.54, 1.807) is 4.68 Å². The first-order chi connectivity index (χ1) is 9.75. The third kappa shape index (κ3) is 2.59. The molecule has 0 spiro atoms. The highest BCUT2D eigenvalue weighted by atomic mass is 32.1. The van der Waals surface area contributed by atoms with Gasteiger partial charge in [-0.1, -0.05) is 11.3 Å². The third-order valence-electron chi connectivity index (χ3n) is 3.34. The van der Waals surface area contributed by atoms with Crippen LogP contribution in [0.3, 0.4) is 0 Å². The maximum Gasteiger partial charge on any atom is 0.358 e. The maximum absolute atomic E-state index is 11.3. The van der Waals surface area contributed by atoms with Crippen molar-refractivity contribution < 1.29 is 14.6 Å². The Morgan fingerprint density at radius 2 is 2.45 bits per heavy atom. The van der Waals surface area contributed by atoms with Gasteiger partial charge in [0, 0.05) is 6.61 Å². The number of carbonyl (C=O) groups is 1. The van der Waals surface area contributed by atoms with Crippen molar-refractivity contribution in [3.05, 3.63) is 23.2 Å². The van der Waals surface area contributed by atoms with Gasteiger partial charge in [-0.15, -0.1) is 16.4 Å². The summed E-state index contributed by atoms with van der Waals surface area (Å²) in [7, 11) is 0. The van der Waals surface area contributed by atoms with Crippen LogP contribution in [0.5, 0.6) is 0 Å². The number of rotatable bonds is 4. The van der Waals surface area contributed by atoms with Gasteiger partial charge in [-0.25, -0.2) is 9.48 Å². The maximum atomic E-state index is 11.3. The van der Waals surface area contributed by atoms with Crippen LogP contribution in [0.15, 0.2) is 17.5 Å². The Kier molecular flexibility index (Phi) is 3.79. The van der Waals surface area contributed by atoms with Crippen molar-refractivity contribution in [1.29, 1.82) is 0 Å². The Balaban J connectivity index is 1.92. The number of hydrogen-bond acceptors (Lipinski definition) is 5. The fourth-order valence-electron chi connectivity index (χ4n) is 2.39. The van der Waals surface area contributed by atoms with Gasteiger partial charge in [0.1, 0.15) is 5.69 Å². The van der Waals surface area contributed by atoms with Crippen molar-refractivity contribution in [3.63, 3.8) is 0 Å². The van der Waals surface area contributed by atoms with Crippen LogP contribution in [0.1, 0.15) is 29.8 Å². The molecule has 0 bridgehead atoms. The van der Waals surface area contributed by atoms with Gasteiger partial charge in [0.15, 0.2) is 5.69 Å². The molecule has 2 aromatic heterocycles. The highest BCUT2D eigenvalue weighted by Crippen LogP contribution is 2.28. The molecule has 0 amide bonds. The Hall–Kier alpha value is -1.73. The third-order valence-corrected chi connectivity index (χ3v) is 4.22. The van der Waals surface area contributed by atoms with E-state index in [4.69, 9.17) is 4.74 Å². The molecule has 1 atom stereocenters. The molecule has 0 aromatic carbocycles. The van der Waals surface area contributed by atoms with Crippen LogP contribution in [0, 0.1) is 0 Å². The summed E-state index contributed by atoms with van der Waals surface area (Å²) < 4.78 is 7.35. The minimum Gasteiger partial charge on any atom is -0.476 e. The first-order valence-corrected chi connectivity index (χ1v) is 7.46. The summed E-state index contributed by atoms with van der Waals surface area (Å²) in [6.07, 6.45) is 3.29. The summed E-state index contributed by atoms with van der Waals surface area (Å²) in [5.74, 6) is -1.05. The van der Waals surface area contributed by atoms with Crippen LogP contribution >= 0.6 is 11.3 Å². The molecule has 7 heteroatoms. The van der Waals surface area contributed by atoms with E-state index in [2.05, 4.69) is 10.3 Å². The van der Waals surface area contributed by atoms with Crippen molar-refractivity contribution in [2.75, 3.05) is 6.61 Å². The largest absolute Gasteiger partial charge is 0.476 e. The fourth-order valence-corrected chi connectivity index (χ4v) is 3.16. The number of aromatic nitrogens is 3. The van der Waals surface area contributed by atoms with E-state index < -0.39 is 5.97 Å². The van der Waals surface area contributed by atoms with E-state index in [0.717, 1.165) is 30.7 Å². The Bertz CT molecular complexity index is 588. The predicted molar refractivity (Wildman–Crippen MR) is 73.9 cm³/mol. The molecule has 2 aromatic rings. The Labute approximate surface area is 120 Å². The van der Waals surface area contributed by atoms with Crippen LogP contribution in [-0.4, -0.2) is 38.8 Å². The zero-order valence-electron chi connectivity index (χ0n) is 10.9. The predicted octanol–water partition coefficient (Wildman–Crippen LogP) is 2.27. The van der Waals surface area contributed by atoms with E-state index in [1.165, 1.54) is 11.3 Å². The summed E-state index contributed by atoms with van der Waals surface area (Å²) in [6, 6.07) is 3.77. The fraction of sp³-hybridized carbons (Fsp3) is 0.462. The van der Waals surface area contributed by atoms with Crippen molar-refractivity contribution in [2.24, 2.45) is 0 Å². The Morgan fingerprint density at radius 3 is 3.10 bits per heavy atom.